The van der Waals surface area contributed by atoms with Crippen molar-refractivity contribution in [1.82, 2.24) is 4.90 Å². The molecule has 6 heteroatoms. The summed E-state index contributed by atoms with van der Waals surface area (Å²) in [7, 11) is 0. The average molecular weight is 302 g/mol. The van der Waals surface area contributed by atoms with E-state index in [2.05, 4.69) is 0 Å². The molecule has 1 saturated heterocycles. The van der Waals surface area contributed by atoms with Gasteiger partial charge in [-0.25, -0.2) is 0 Å². The number of halogens is 2. The molecule has 4 nitrogen and oxygen atoms in total. The number of hydrogen-bond acceptors (Lipinski definition) is 2. The van der Waals surface area contributed by atoms with Crippen LogP contribution in [0.3, 0.4) is 0 Å². The molecule has 102 valence electrons. The third-order valence-corrected chi connectivity index (χ3v) is 4.22. The number of amides is 1. The van der Waals surface area contributed by atoms with Crippen LogP contribution >= 0.6 is 23.2 Å². The van der Waals surface area contributed by atoms with E-state index in [1.165, 1.54) is 4.90 Å². The van der Waals surface area contributed by atoms with Crippen LogP contribution in [0, 0.1) is 11.8 Å². The molecule has 1 aliphatic heterocycles. The van der Waals surface area contributed by atoms with E-state index in [1.54, 1.807) is 18.2 Å². The van der Waals surface area contributed by atoms with Crippen LogP contribution < -0.4 is 0 Å². The maximum absolute atomic E-state index is 12.3. The number of benzene rings is 1. The molecule has 1 aliphatic rings. The normalized spacial score (nSPS) is 22.6. The van der Waals surface area contributed by atoms with Crippen molar-refractivity contribution < 1.29 is 14.7 Å². The highest BCUT2D eigenvalue weighted by atomic mass is 35.5. The summed E-state index contributed by atoms with van der Waals surface area (Å²) in [5, 5.41) is 9.59. The Morgan fingerprint density at radius 2 is 2.00 bits per heavy atom. The van der Waals surface area contributed by atoms with E-state index >= 15 is 0 Å². The summed E-state index contributed by atoms with van der Waals surface area (Å²) in [4.78, 5) is 24.9. The van der Waals surface area contributed by atoms with Crippen molar-refractivity contribution >= 4 is 35.1 Å². The number of carboxylic acids is 1. The minimum atomic E-state index is -0.875. The van der Waals surface area contributed by atoms with Crippen LogP contribution in [-0.2, 0) is 4.79 Å². The molecule has 0 spiro atoms. The Morgan fingerprint density at radius 3 is 2.58 bits per heavy atom. The zero-order chi connectivity index (χ0) is 14.2. The number of carbonyl (C=O) groups is 2. The molecular formula is C13H13Cl2NO3. The first-order valence-electron chi connectivity index (χ1n) is 5.88. The first-order chi connectivity index (χ1) is 8.91. The van der Waals surface area contributed by atoms with E-state index in [9.17, 15) is 9.59 Å². The van der Waals surface area contributed by atoms with Crippen molar-refractivity contribution in [2.45, 2.75) is 6.92 Å². The SMILES string of the molecule is CC1CN(C(=O)c2cccc(Cl)c2Cl)CC1C(=O)O. The van der Waals surface area contributed by atoms with Crippen LogP contribution in [0.4, 0.5) is 0 Å². The van der Waals surface area contributed by atoms with Gasteiger partial charge in [-0.1, -0.05) is 36.2 Å². The zero-order valence-corrected chi connectivity index (χ0v) is 11.8. The number of carboxylic acid groups (broad SMARTS) is 1. The first kappa shape index (κ1) is 14.2. The number of hydrogen-bond donors (Lipinski definition) is 1. The number of nitrogens with zero attached hydrogens (tertiary/aromatic N) is 1. The summed E-state index contributed by atoms with van der Waals surface area (Å²) in [6.07, 6.45) is 0. The molecule has 0 radical (unpaired) electrons. The molecule has 1 aromatic rings. The molecule has 1 N–H and O–H groups in total. The van der Waals surface area contributed by atoms with Gasteiger partial charge >= 0.3 is 5.97 Å². The Kier molecular flexibility index (Phi) is 4.02. The number of carbonyl (C=O) groups excluding carboxylic acids is 1. The van der Waals surface area contributed by atoms with Crippen LogP contribution in [0.25, 0.3) is 0 Å². The van der Waals surface area contributed by atoms with Gasteiger partial charge in [0.15, 0.2) is 0 Å². The minimum Gasteiger partial charge on any atom is -0.481 e. The number of likely N-dealkylation sites (tertiary alicyclic amines) is 1. The van der Waals surface area contributed by atoms with Gasteiger partial charge in [-0.2, -0.15) is 0 Å². The summed E-state index contributed by atoms with van der Waals surface area (Å²) >= 11 is 11.9. The van der Waals surface area contributed by atoms with E-state index < -0.39 is 11.9 Å². The lowest BCUT2D eigenvalue weighted by atomic mass is 9.99. The fourth-order valence-corrected chi connectivity index (χ4v) is 2.67. The predicted octanol–water partition coefficient (Wildman–Crippen LogP) is 2.79. The van der Waals surface area contributed by atoms with Crippen LogP contribution in [-0.4, -0.2) is 35.0 Å². The summed E-state index contributed by atoms with van der Waals surface area (Å²) in [5.74, 6) is -1.75. The Balaban J connectivity index is 2.22. The van der Waals surface area contributed by atoms with E-state index in [-0.39, 0.29) is 23.4 Å². The molecule has 0 bridgehead atoms. The maximum Gasteiger partial charge on any atom is 0.308 e. The van der Waals surface area contributed by atoms with Crippen molar-refractivity contribution in [3.05, 3.63) is 33.8 Å². The topological polar surface area (TPSA) is 57.6 Å². The lowest BCUT2D eigenvalue weighted by Gasteiger charge is -2.17. The second-order valence-corrected chi connectivity index (χ2v) is 5.52. The van der Waals surface area contributed by atoms with E-state index in [0.29, 0.717) is 17.1 Å². The van der Waals surface area contributed by atoms with Crippen LogP contribution in [0.5, 0.6) is 0 Å². The van der Waals surface area contributed by atoms with Gasteiger partial charge in [-0.3, -0.25) is 9.59 Å². The van der Waals surface area contributed by atoms with Gasteiger partial charge in [0.2, 0.25) is 0 Å². The molecule has 2 unspecified atom stereocenters. The number of rotatable bonds is 2. The second-order valence-electron chi connectivity index (χ2n) is 4.73. The third-order valence-electron chi connectivity index (χ3n) is 3.40. The van der Waals surface area contributed by atoms with Crippen molar-refractivity contribution in [2.24, 2.45) is 11.8 Å². The molecule has 2 atom stereocenters. The van der Waals surface area contributed by atoms with E-state index in [1.807, 2.05) is 6.92 Å². The predicted molar refractivity (Wildman–Crippen MR) is 72.7 cm³/mol. The average Bonchev–Trinajstić information content (AvgIpc) is 2.74. The fraction of sp³-hybridized carbons (Fsp3) is 0.385. The summed E-state index contributed by atoms with van der Waals surface area (Å²) < 4.78 is 0. The summed E-state index contributed by atoms with van der Waals surface area (Å²) in [5.41, 5.74) is 0.312. The molecule has 1 amide bonds. The quantitative estimate of drug-likeness (QED) is 0.914. The lowest BCUT2D eigenvalue weighted by Crippen LogP contribution is -2.30. The third kappa shape index (κ3) is 2.69. The van der Waals surface area contributed by atoms with Crippen molar-refractivity contribution in [3.8, 4) is 0 Å². The highest BCUT2D eigenvalue weighted by Crippen LogP contribution is 2.29. The standard InChI is InChI=1S/C13H13Cl2NO3/c1-7-5-16(6-9(7)13(18)19)12(17)8-3-2-4-10(14)11(8)15/h2-4,7,9H,5-6H2,1H3,(H,18,19). The maximum atomic E-state index is 12.3. The van der Waals surface area contributed by atoms with Gasteiger partial charge in [-0.15, -0.1) is 0 Å². The molecule has 1 fully saturated rings. The highest BCUT2D eigenvalue weighted by Gasteiger charge is 2.37. The van der Waals surface area contributed by atoms with E-state index in [0.717, 1.165) is 0 Å². The summed E-state index contributed by atoms with van der Waals surface area (Å²) in [6.45, 7) is 2.45. The minimum absolute atomic E-state index is 0.0700. The smallest absolute Gasteiger partial charge is 0.308 e. The molecule has 0 saturated carbocycles. The molecule has 1 aromatic carbocycles. The van der Waals surface area contributed by atoms with Gasteiger partial charge in [0.1, 0.15) is 0 Å². The van der Waals surface area contributed by atoms with Crippen LogP contribution in [0.2, 0.25) is 10.0 Å². The van der Waals surface area contributed by atoms with Gasteiger partial charge in [0.05, 0.1) is 21.5 Å². The molecule has 1 heterocycles. The first-order valence-corrected chi connectivity index (χ1v) is 6.63. The molecule has 0 aliphatic carbocycles. The van der Waals surface area contributed by atoms with Crippen molar-refractivity contribution in [3.63, 3.8) is 0 Å². The van der Waals surface area contributed by atoms with Gasteiger partial charge < -0.3 is 10.0 Å². The largest absolute Gasteiger partial charge is 0.481 e. The molecule has 2 rings (SSSR count). The molecule has 19 heavy (non-hydrogen) atoms. The Bertz CT molecular complexity index is 533. The Labute approximate surface area is 120 Å². The second kappa shape index (κ2) is 5.39. The van der Waals surface area contributed by atoms with E-state index in [4.69, 9.17) is 28.3 Å². The Morgan fingerprint density at radius 1 is 1.32 bits per heavy atom. The monoisotopic (exact) mass is 301 g/mol. The van der Waals surface area contributed by atoms with Crippen molar-refractivity contribution in [1.29, 1.82) is 0 Å². The zero-order valence-electron chi connectivity index (χ0n) is 10.3. The van der Waals surface area contributed by atoms with Gasteiger partial charge in [0, 0.05) is 13.1 Å². The molecular weight excluding hydrogens is 289 g/mol. The van der Waals surface area contributed by atoms with Crippen LogP contribution in [0.15, 0.2) is 18.2 Å². The fourth-order valence-electron chi connectivity index (χ4n) is 2.29. The van der Waals surface area contributed by atoms with Crippen molar-refractivity contribution in [2.75, 3.05) is 13.1 Å². The van der Waals surface area contributed by atoms with Gasteiger partial charge in [0.25, 0.3) is 5.91 Å². The number of aliphatic carboxylic acids is 1. The highest BCUT2D eigenvalue weighted by molar-refractivity contribution is 6.43. The van der Waals surface area contributed by atoms with Gasteiger partial charge in [-0.05, 0) is 18.1 Å². The molecule has 0 aromatic heterocycles. The lowest BCUT2D eigenvalue weighted by molar-refractivity contribution is -0.142. The summed E-state index contributed by atoms with van der Waals surface area (Å²) in [6, 6.07) is 4.85. The van der Waals surface area contributed by atoms with Crippen LogP contribution in [0.1, 0.15) is 17.3 Å². The Hall–Kier alpha value is -1.26.